The van der Waals surface area contributed by atoms with Gasteiger partial charge in [0.25, 0.3) is 5.91 Å². The summed E-state index contributed by atoms with van der Waals surface area (Å²) in [5.41, 5.74) is 2.09. The molecule has 0 unspecified atom stereocenters. The third kappa shape index (κ3) is 3.19. The number of carbonyl (C=O) groups is 1. The first-order valence-corrected chi connectivity index (χ1v) is 9.44. The molecule has 134 valence electrons. The van der Waals surface area contributed by atoms with Gasteiger partial charge in [-0.1, -0.05) is 45.3 Å². The highest BCUT2D eigenvalue weighted by atomic mass is 79.9. The zero-order chi connectivity index (χ0) is 18.1. The van der Waals surface area contributed by atoms with Crippen LogP contribution in [0.1, 0.15) is 47.7 Å². The van der Waals surface area contributed by atoms with Crippen LogP contribution in [0, 0.1) is 0 Å². The molecule has 6 nitrogen and oxygen atoms in total. The van der Waals surface area contributed by atoms with E-state index in [2.05, 4.69) is 26.2 Å². The zero-order valence-corrected chi connectivity index (χ0v) is 15.9. The summed E-state index contributed by atoms with van der Waals surface area (Å²) >= 11 is 3.41. The fourth-order valence-electron chi connectivity index (χ4n) is 3.23. The maximum Gasteiger partial charge on any atom is 0.276 e. The van der Waals surface area contributed by atoms with E-state index >= 15 is 0 Å². The summed E-state index contributed by atoms with van der Waals surface area (Å²) < 4.78 is 11.8. The number of nitrogens with zero attached hydrogens (tertiary/aromatic N) is 3. The van der Waals surface area contributed by atoms with Crippen LogP contribution in [0.25, 0.3) is 11.3 Å². The Morgan fingerprint density at radius 1 is 1.23 bits per heavy atom. The molecule has 2 aromatic heterocycles. The van der Waals surface area contributed by atoms with E-state index in [9.17, 15) is 4.79 Å². The van der Waals surface area contributed by atoms with Gasteiger partial charge in [-0.05, 0) is 31.4 Å². The Labute approximate surface area is 159 Å². The van der Waals surface area contributed by atoms with Gasteiger partial charge in [0.15, 0.2) is 17.2 Å². The summed E-state index contributed by atoms with van der Waals surface area (Å²) in [5.74, 6) is 1.17. The number of aryl methyl sites for hydroxylation is 1. The Morgan fingerprint density at radius 2 is 2.04 bits per heavy atom. The molecule has 1 aromatic carbocycles. The minimum Gasteiger partial charge on any atom is -0.359 e. The molecular weight excluding hydrogens is 398 g/mol. The van der Waals surface area contributed by atoms with Crippen LogP contribution in [-0.2, 0) is 6.42 Å². The molecule has 0 N–H and O–H groups in total. The summed E-state index contributed by atoms with van der Waals surface area (Å²) in [6, 6.07) is 11.2. The van der Waals surface area contributed by atoms with E-state index in [0.717, 1.165) is 40.8 Å². The van der Waals surface area contributed by atoms with E-state index in [4.69, 9.17) is 9.05 Å². The summed E-state index contributed by atoms with van der Waals surface area (Å²) in [6.45, 7) is 2.70. The van der Waals surface area contributed by atoms with Crippen molar-refractivity contribution in [3.05, 3.63) is 58.0 Å². The van der Waals surface area contributed by atoms with Crippen molar-refractivity contribution in [1.29, 1.82) is 0 Å². The molecule has 26 heavy (non-hydrogen) atoms. The van der Waals surface area contributed by atoms with E-state index in [1.807, 2.05) is 37.3 Å². The lowest BCUT2D eigenvalue weighted by molar-refractivity contribution is 0.0704. The number of carbonyl (C=O) groups excluding carboxylic acids is 1. The molecule has 1 aliphatic rings. The van der Waals surface area contributed by atoms with Crippen molar-refractivity contribution in [3.8, 4) is 11.3 Å². The van der Waals surface area contributed by atoms with Crippen molar-refractivity contribution in [2.45, 2.75) is 32.2 Å². The van der Waals surface area contributed by atoms with Gasteiger partial charge in [-0.2, -0.15) is 0 Å². The SMILES string of the molecule is CCc1cc([C@H]2CCCN2C(=O)c2cc(-c3ccc(Br)cc3)on2)on1. The molecule has 4 rings (SSSR count). The van der Waals surface area contributed by atoms with Gasteiger partial charge in [-0.3, -0.25) is 4.79 Å². The Kier molecular flexibility index (Phi) is 4.63. The van der Waals surface area contributed by atoms with Crippen LogP contribution in [0.15, 0.2) is 49.9 Å². The molecule has 0 spiro atoms. The number of aromatic nitrogens is 2. The fraction of sp³-hybridized carbons (Fsp3) is 0.316. The maximum atomic E-state index is 12.9. The number of hydrogen-bond acceptors (Lipinski definition) is 5. The highest BCUT2D eigenvalue weighted by Crippen LogP contribution is 2.34. The molecular formula is C19H18BrN3O3. The number of hydrogen-bond donors (Lipinski definition) is 0. The van der Waals surface area contributed by atoms with Crippen LogP contribution in [-0.4, -0.2) is 27.7 Å². The molecule has 1 fully saturated rings. The van der Waals surface area contributed by atoms with E-state index in [1.165, 1.54) is 0 Å². The second-order valence-corrected chi connectivity index (χ2v) is 7.23. The van der Waals surface area contributed by atoms with Crippen LogP contribution < -0.4 is 0 Å². The van der Waals surface area contributed by atoms with Crippen molar-refractivity contribution < 1.29 is 13.8 Å². The highest BCUT2D eigenvalue weighted by molar-refractivity contribution is 9.10. The Balaban J connectivity index is 1.56. The summed E-state index contributed by atoms with van der Waals surface area (Å²) in [4.78, 5) is 14.7. The van der Waals surface area contributed by atoms with Crippen LogP contribution in [0.4, 0.5) is 0 Å². The highest BCUT2D eigenvalue weighted by Gasteiger charge is 2.34. The number of benzene rings is 1. The molecule has 1 aliphatic heterocycles. The zero-order valence-electron chi connectivity index (χ0n) is 14.3. The summed E-state index contributed by atoms with van der Waals surface area (Å²) in [5, 5.41) is 8.03. The van der Waals surface area contributed by atoms with E-state index in [-0.39, 0.29) is 11.9 Å². The molecule has 1 saturated heterocycles. The lowest BCUT2D eigenvalue weighted by atomic mass is 10.1. The molecule has 7 heteroatoms. The Bertz CT molecular complexity index is 916. The van der Waals surface area contributed by atoms with E-state index in [0.29, 0.717) is 18.0 Å². The maximum absolute atomic E-state index is 12.9. The van der Waals surface area contributed by atoms with E-state index < -0.39 is 0 Å². The Morgan fingerprint density at radius 3 is 2.77 bits per heavy atom. The second kappa shape index (κ2) is 7.07. The molecule has 0 aliphatic carbocycles. The van der Waals surface area contributed by atoms with Crippen LogP contribution in [0.2, 0.25) is 0 Å². The van der Waals surface area contributed by atoms with Gasteiger partial charge in [0, 0.05) is 28.7 Å². The van der Waals surface area contributed by atoms with Crippen molar-refractivity contribution in [2.24, 2.45) is 0 Å². The largest absolute Gasteiger partial charge is 0.359 e. The van der Waals surface area contributed by atoms with E-state index in [1.54, 1.807) is 11.0 Å². The smallest absolute Gasteiger partial charge is 0.276 e. The first-order valence-electron chi connectivity index (χ1n) is 8.65. The lowest BCUT2D eigenvalue weighted by Crippen LogP contribution is -2.30. The van der Waals surface area contributed by atoms with Gasteiger partial charge in [-0.15, -0.1) is 0 Å². The average molecular weight is 416 g/mol. The van der Waals surface area contributed by atoms with Gasteiger partial charge in [0.05, 0.1) is 11.7 Å². The predicted octanol–water partition coefficient (Wildman–Crippen LogP) is 4.63. The minimum atomic E-state index is -0.144. The van der Waals surface area contributed by atoms with Crippen LogP contribution >= 0.6 is 15.9 Å². The quantitative estimate of drug-likeness (QED) is 0.620. The molecule has 1 amide bonds. The van der Waals surface area contributed by atoms with Crippen molar-refractivity contribution in [3.63, 3.8) is 0 Å². The minimum absolute atomic E-state index is 0.0943. The van der Waals surface area contributed by atoms with Crippen LogP contribution in [0.3, 0.4) is 0 Å². The normalized spacial score (nSPS) is 17.0. The van der Waals surface area contributed by atoms with Crippen molar-refractivity contribution >= 4 is 21.8 Å². The number of amides is 1. The third-order valence-electron chi connectivity index (χ3n) is 4.64. The molecule has 3 aromatic rings. The third-order valence-corrected chi connectivity index (χ3v) is 5.17. The number of halogens is 1. The van der Waals surface area contributed by atoms with Gasteiger partial charge >= 0.3 is 0 Å². The van der Waals surface area contributed by atoms with Gasteiger partial charge in [0.2, 0.25) is 0 Å². The van der Waals surface area contributed by atoms with Gasteiger partial charge in [-0.25, -0.2) is 0 Å². The van der Waals surface area contributed by atoms with Gasteiger partial charge < -0.3 is 13.9 Å². The summed E-state index contributed by atoms with van der Waals surface area (Å²) in [6.07, 6.45) is 2.60. The van der Waals surface area contributed by atoms with Crippen LogP contribution in [0.5, 0.6) is 0 Å². The van der Waals surface area contributed by atoms with Crippen molar-refractivity contribution in [1.82, 2.24) is 15.2 Å². The predicted molar refractivity (Wildman–Crippen MR) is 98.5 cm³/mol. The number of rotatable bonds is 4. The number of likely N-dealkylation sites (tertiary alicyclic amines) is 1. The monoisotopic (exact) mass is 415 g/mol. The molecule has 3 heterocycles. The molecule has 0 radical (unpaired) electrons. The molecule has 0 saturated carbocycles. The average Bonchev–Trinajstić information content (AvgIpc) is 3.40. The Hall–Kier alpha value is -2.41. The van der Waals surface area contributed by atoms with Gasteiger partial charge in [0.1, 0.15) is 0 Å². The fourth-order valence-corrected chi connectivity index (χ4v) is 3.50. The topological polar surface area (TPSA) is 72.4 Å². The first kappa shape index (κ1) is 17.0. The molecule has 0 bridgehead atoms. The summed E-state index contributed by atoms with van der Waals surface area (Å²) in [7, 11) is 0. The first-order chi connectivity index (χ1) is 12.7. The van der Waals surface area contributed by atoms with Crippen molar-refractivity contribution in [2.75, 3.05) is 6.54 Å². The lowest BCUT2D eigenvalue weighted by Gasteiger charge is -2.21. The standard InChI is InChI=1S/C19H18BrN3O3/c1-2-14-10-18(26-21-14)16-4-3-9-23(16)19(24)15-11-17(25-22-15)12-5-7-13(20)8-6-12/h5-8,10-11,16H,2-4,9H2,1H3/t16-/m1/s1. The second-order valence-electron chi connectivity index (χ2n) is 6.31. The molecule has 1 atom stereocenters.